The summed E-state index contributed by atoms with van der Waals surface area (Å²) in [6, 6.07) is 15.5. The minimum Gasteiger partial charge on any atom is -0.501 e. The predicted octanol–water partition coefficient (Wildman–Crippen LogP) is 5.74. The van der Waals surface area contributed by atoms with E-state index in [4.69, 9.17) is 9.84 Å². The first-order valence-corrected chi connectivity index (χ1v) is 11.2. The minimum absolute atomic E-state index is 0.117. The molecular formula is C28H33N3O. The maximum atomic E-state index is 5.26. The summed E-state index contributed by atoms with van der Waals surface area (Å²) in [5.41, 5.74) is 6.29. The number of rotatable bonds is 7. The molecule has 4 nitrogen and oxygen atoms in total. The fourth-order valence-corrected chi connectivity index (χ4v) is 4.98. The molecule has 166 valence electrons. The highest BCUT2D eigenvalue weighted by atomic mass is 16.5. The van der Waals surface area contributed by atoms with Crippen LogP contribution in [0.2, 0.25) is 0 Å². The molecule has 0 bridgehead atoms. The first-order chi connectivity index (χ1) is 15.5. The molecular weight excluding hydrogens is 394 g/mol. The third-order valence-electron chi connectivity index (χ3n) is 6.68. The smallest absolute Gasteiger partial charge is 0.0925 e. The second-order valence-electron chi connectivity index (χ2n) is 8.99. The topological polar surface area (TPSA) is 30.3 Å². The number of likely N-dealkylation sites (tertiary alicyclic amines) is 1. The van der Waals surface area contributed by atoms with Gasteiger partial charge in [0.1, 0.15) is 0 Å². The molecule has 1 aliphatic rings. The molecule has 32 heavy (non-hydrogen) atoms. The number of methoxy groups -OCH3 is 1. The number of benzene rings is 2. The molecule has 3 aromatic rings. The van der Waals surface area contributed by atoms with Crippen LogP contribution in [-0.2, 0) is 16.6 Å². The van der Waals surface area contributed by atoms with Gasteiger partial charge in [0.25, 0.3) is 0 Å². The molecule has 0 amide bonds. The van der Waals surface area contributed by atoms with Crippen molar-refractivity contribution in [2.45, 2.75) is 32.1 Å². The van der Waals surface area contributed by atoms with Crippen LogP contribution in [0.15, 0.2) is 79.2 Å². The van der Waals surface area contributed by atoms with E-state index in [1.165, 1.54) is 16.7 Å². The summed E-state index contributed by atoms with van der Waals surface area (Å²) in [7, 11) is 3.91. The van der Waals surface area contributed by atoms with Crippen molar-refractivity contribution in [1.29, 1.82) is 0 Å². The Hall–Kier alpha value is -3.11. The number of hydrogen-bond donors (Lipinski definition) is 0. The lowest BCUT2D eigenvalue weighted by molar-refractivity contribution is 0.294. The summed E-state index contributed by atoms with van der Waals surface area (Å²) in [6.45, 7) is 10.4. The summed E-state index contributed by atoms with van der Waals surface area (Å²) in [5, 5.41) is 5.86. The fraction of sp³-hybridized carbons (Fsp3) is 0.321. The maximum Gasteiger partial charge on any atom is 0.0925 e. The maximum absolute atomic E-state index is 5.26. The van der Waals surface area contributed by atoms with E-state index in [-0.39, 0.29) is 5.41 Å². The molecule has 1 aromatic heterocycles. The SMILES string of the molecule is C=C/C(=C\C=C(/C)OC)n1ncc2cc(C3(Cc4ccccc4)CCN(C)C3)c(C)cc21. The van der Waals surface area contributed by atoms with Crippen LogP contribution in [0.3, 0.4) is 0 Å². The van der Waals surface area contributed by atoms with E-state index in [0.29, 0.717) is 0 Å². The van der Waals surface area contributed by atoms with Crippen LogP contribution in [0.25, 0.3) is 16.6 Å². The van der Waals surface area contributed by atoms with Crippen molar-refractivity contribution in [3.8, 4) is 0 Å². The lowest BCUT2D eigenvalue weighted by Gasteiger charge is -2.32. The Kier molecular flexibility index (Phi) is 6.33. The molecule has 0 spiro atoms. The number of nitrogens with zero attached hydrogens (tertiary/aromatic N) is 3. The predicted molar refractivity (Wildman–Crippen MR) is 134 cm³/mol. The number of fused-ring (bicyclic) bond motifs is 1. The summed E-state index contributed by atoms with van der Waals surface area (Å²) in [6.07, 6.45) is 9.95. The Labute approximate surface area is 191 Å². The van der Waals surface area contributed by atoms with Crippen LogP contribution >= 0.6 is 0 Å². The molecule has 1 fully saturated rings. The van der Waals surface area contributed by atoms with Gasteiger partial charge < -0.3 is 9.64 Å². The number of ether oxygens (including phenoxy) is 1. The van der Waals surface area contributed by atoms with Crippen molar-refractivity contribution in [3.05, 3.63) is 95.9 Å². The van der Waals surface area contributed by atoms with Crippen molar-refractivity contribution in [1.82, 2.24) is 14.7 Å². The quantitative estimate of drug-likeness (QED) is 0.356. The molecule has 0 saturated carbocycles. The van der Waals surface area contributed by atoms with Gasteiger partial charge in [-0.1, -0.05) is 36.9 Å². The fourth-order valence-electron chi connectivity index (χ4n) is 4.98. The van der Waals surface area contributed by atoms with Crippen LogP contribution in [-0.4, -0.2) is 41.9 Å². The monoisotopic (exact) mass is 427 g/mol. The van der Waals surface area contributed by atoms with Crippen molar-refractivity contribution < 1.29 is 4.74 Å². The van der Waals surface area contributed by atoms with Gasteiger partial charge in [-0.2, -0.15) is 5.10 Å². The zero-order valence-corrected chi connectivity index (χ0v) is 19.6. The van der Waals surface area contributed by atoms with E-state index < -0.39 is 0 Å². The molecule has 0 radical (unpaired) electrons. The van der Waals surface area contributed by atoms with E-state index in [0.717, 1.165) is 48.3 Å². The van der Waals surface area contributed by atoms with Crippen LogP contribution in [0.4, 0.5) is 0 Å². The van der Waals surface area contributed by atoms with Gasteiger partial charge in [-0.25, -0.2) is 4.68 Å². The van der Waals surface area contributed by atoms with Gasteiger partial charge in [0.2, 0.25) is 0 Å². The molecule has 1 atom stereocenters. The Bertz CT molecular complexity index is 1170. The average molecular weight is 428 g/mol. The third kappa shape index (κ3) is 4.28. The molecule has 0 aliphatic carbocycles. The third-order valence-corrected chi connectivity index (χ3v) is 6.68. The highest BCUT2D eigenvalue weighted by Crippen LogP contribution is 2.40. The molecule has 2 heterocycles. The second kappa shape index (κ2) is 9.17. The number of aryl methyl sites for hydroxylation is 1. The lowest BCUT2D eigenvalue weighted by atomic mass is 9.73. The summed E-state index contributed by atoms with van der Waals surface area (Å²) in [4.78, 5) is 2.46. The van der Waals surface area contributed by atoms with Gasteiger partial charge in [0.05, 0.1) is 30.3 Å². The zero-order valence-electron chi connectivity index (χ0n) is 19.6. The van der Waals surface area contributed by atoms with Crippen molar-refractivity contribution in [2.24, 2.45) is 0 Å². The number of likely N-dealkylation sites (N-methyl/N-ethyl adjacent to an activating group) is 1. The van der Waals surface area contributed by atoms with Gasteiger partial charge in [0.15, 0.2) is 0 Å². The van der Waals surface area contributed by atoms with Crippen LogP contribution in [0, 0.1) is 6.92 Å². The van der Waals surface area contributed by atoms with Gasteiger partial charge in [0, 0.05) is 17.3 Å². The summed E-state index contributed by atoms with van der Waals surface area (Å²) in [5.74, 6) is 0.840. The molecule has 0 N–H and O–H groups in total. The van der Waals surface area contributed by atoms with Crippen molar-refractivity contribution in [3.63, 3.8) is 0 Å². The largest absolute Gasteiger partial charge is 0.501 e. The molecule has 1 unspecified atom stereocenters. The van der Waals surface area contributed by atoms with Gasteiger partial charge in [-0.15, -0.1) is 0 Å². The summed E-state index contributed by atoms with van der Waals surface area (Å²) < 4.78 is 7.22. The molecule has 1 aliphatic heterocycles. The van der Waals surface area contributed by atoms with Gasteiger partial charge >= 0.3 is 0 Å². The molecule has 2 aromatic carbocycles. The number of allylic oxidation sites excluding steroid dienone is 5. The number of aromatic nitrogens is 2. The zero-order chi connectivity index (χ0) is 22.7. The van der Waals surface area contributed by atoms with E-state index in [9.17, 15) is 0 Å². The normalized spacial score (nSPS) is 20.1. The van der Waals surface area contributed by atoms with Crippen molar-refractivity contribution >= 4 is 16.6 Å². The van der Waals surface area contributed by atoms with Gasteiger partial charge in [-0.05, 0) is 87.3 Å². The molecule has 4 rings (SSSR count). The van der Waals surface area contributed by atoms with Crippen molar-refractivity contribution in [2.75, 3.05) is 27.2 Å². The van der Waals surface area contributed by atoms with E-state index in [1.54, 1.807) is 7.11 Å². The Morgan fingerprint density at radius 1 is 1.22 bits per heavy atom. The molecule has 4 heteroatoms. The van der Waals surface area contributed by atoms with E-state index in [2.05, 4.69) is 67.9 Å². The standard InChI is InChI=1S/C28H33N3O/c1-6-25(13-12-22(3)32-5)31-27-16-21(2)26(17-24(27)19-29-31)28(14-15-30(4)20-28)18-23-10-8-7-9-11-23/h6-13,16-17,19H,1,14-15,18,20H2,2-5H3/b22-12+,25-13+. The van der Waals surface area contributed by atoms with Gasteiger partial charge in [-0.3, -0.25) is 0 Å². The number of hydrogen-bond acceptors (Lipinski definition) is 3. The minimum atomic E-state index is 0.117. The Morgan fingerprint density at radius 2 is 2.00 bits per heavy atom. The van der Waals surface area contributed by atoms with Crippen LogP contribution in [0.5, 0.6) is 0 Å². The van der Waals surface area contributed by atoms with Crippen LogP contribution < -0.4 is 0 Å². The Morgan fingerprint density at radius 3 is 2.66 bits per heavy atom. The lowest BCUT2D eigenvalue weighted by Crippen LogP contribution is -2.33. The van der Waals surface area contributed by atoms with E-state index in [1.807, 2.05) is 36.0 Å². The average Bonchev–Trinajstić information content (AvgIpc) is 3.38. The first-order valence-electron chi connectivity index (χ1n) is 11.2. The van der Waals surface area contributed by atoms with Crippen LogP contribution in [0.1, 0.15) is 30.0 Å². The second-order valence-corrected chi connectivity index (χ2v) is 8.99. The first kappa shape index (κ1) is 22.1. The van der Waals surface area contributed by atoms with E-state index >= 15 is 0 Å². The molecule has 1 saturated heterocycles. The Balaban J connectivity index is 1.79. The highest BCUT2D eigenvalue weighted by Gasteiger charge is 2.39. The highest BCUT2D eigenvalue weighted by molar-refractivity contribution is 5.85. The summed E-state index contributed by atoms with van der Waals surface area (Å²) >= 11 is 0.